The number of nitrogens with zero attached hydrogens (tertiary/aromatic N) is 3. The number of halogens is 3. The Morgan fingerprint density at radius 2 is 2.04 bits per heavy atom. The molecule has 4 rings (SSSR count). The zero-order chi connectivity index (χ0) is 17.6. The number of ether oxygens (including phenoxy) is 1. The Kier molecular flexibility index (Phi) is 4.47. The standard InChI is InChI=1S/C16H16Cl2FN3O3/c17-9-5-11(18)14-12(6-9)20-16(25-14)22-8-10(19)7-13(22)15(23)21-1-3-24-4-2-21/h5-6,10,13H,1-4,7-8H2/t10-,13+/m1/s1. The lowest BCUT2D eigenvalue weighted by atomic mass is 10.1. The van der Waals surface area contributed by atoms with E-state index in [9.17, 15) is 9.18 Å². The molecule has 25 heavy (non-hydrogen) atoms. The summed E-state index contributed by atoms with van der Waals surface area (Å²) in [5.74, 6) is -0.130. The number of morpholine rings is 1. The SMILES string of the molecule is O=C([C@@H]1C[C@@H](F)CN1c1nc2cc(Cl)cc(Cl)c2o1)N1CCOCC1. The van der Waals surface area contributed by atoms with Gasteiger partial charge in [-0.2, -0.15) is 4.98 Å². The number of hydrogen-bond donors (Lipinski definition) is 0. The second kappa shape index (κ2) is 6.63. The van der Waals surface area contributed by atoms with Gasteiger partial charge in [-0.3, -0.25) is 4.79 Å². The zero-order valence-corrected chi connectivity index (χ0v) is 14.8. The first-order valence-electron chi connectivity index (χ1n) is 8.06. The predicted molar refractivity (Wildman–Crippen MR) is 92.1 cm³/mol. The molecule has 2 saturated heterocycles. The van der Waals surface area contributed by atoms with Crippen LogP contribution in [-0.2, 0) is 9.53 Å². The third kappa shape index (κ3) is 3.16. The van der Waals surface area contributed by atoms with Gasteiger partial charge in [-0.05, 0) is 12.1 Å². The van der Waals surface area contributed by atoms with E-state index in [1.807, 2.05) is 0 Å². The average Bonchev–Trinajstić information content (AvgIpc) is 3.18. The summed E-state index contributed by atoms with van der Waals surface area (Å²) in [7, 11) is 0. The summed E-state index contributed by atoms with van der Waals surface area (Å²) >= 11 is 12.1. The van der Waals surface area contributed by atoms with E-state index in [2.05, 4.69) is 4.98 Å². The normalized spacial score (nSPS) is 24.3. The van der Waals surface area contributed by atoms with Gasteiger partial charge in [0.05, 0.1) is 24.8 Å². The summed E-state index contributed by atoms with van der Waals surface area (Å²) in [5.41, 5.74) is 0.855. The van der Waals surface area contributed by atoms with Crippen LogP contribution in [0.15, 0.2) is 16.5 Å². The van der Waals surface area contributed by atoms with Gasteiger partial charge in [0, 0.05) is 24.5 Å². The van der Waals surface area contributed by atoms with Crippen molar-refractivity contribution in [3.63, 3.8) is 0 Å². The number of oxazole rings is 1. The number of carbonyl (C=O) groups is 1. The highest BCUT2D eigenvalue weighted by molar-refractivity contribution is 6.38. The summed E-state index contributed by atoms with van der Waals surface area (Å²) < 4.78 is 25.1. The molecule has 134 valence electrons. The van der Waals surface area contributed by atoms with Crippen LogP contribution in [-0.4, -0.2) is 60.9 Å². The van der Waals surface area contributed by atoms with E-state index in [1.165, 1.54) is 0 Å². The van der Waals surface area contributed by atoms with Crippen LogP contribution in [0.25, 0.3) is 11.1 Å². The van der Waals surface area contributed by atoms with Crippen molar-refractivity contribution < 1.29 is 18.3 Å². The molecule has 0 bridgehead atoms. The topological polar surface area (TPSA) is 58.8 Å². The van der Waals surface area contributed by atoms with Gasteiger partial charge in [0.2, 0.25) is 5.91 Å². The van der Waals surface area contributed by atoms with Crippen molar-refractivity contribution in [1.82, 2.24) is 9.88 Å². The molecule has 2 fully saturated rings. The third-order valence-corrected chi connectivity index (χ3v) is 5.00. The van der Waals surface area contributed by atoms with Gasteiger partial charge in [-0.25, -0.2) is 4.39 Å². The molecule has 1 aromatic heterocycles. The maximum Gasteiger partial charge on any atom is 0.299 e. The minimum atomic E-state index is -1.12. The fourth-order valence-electron chi connectivity index (χ4n) is 3.30. The molecule has 2 aliphatic heterocycles. The molecular weight excluding hydrogens is 372 g/mol. The Morgan fingerprint density at radius 1 is 1.28 bits per heavy atom. The van der Waals surface area contributed by atoms with Crippen molar-refractivity contribution in [2.24, 2.45) is 0 Å². The number of anilines is 1. The summed E-state index contributed by atoms with van der Waals surface area (Å²) in [6.07, 6.45) is -1.01. The Bertz CT molecular complexity index is 809. The Hall–Kier alpha value is -1.57. The molecule has 0 N–H and O–H groups in total. The minimum Gasteiger partial charge on any atom is -0.422 e. The lowest BCUT2D eigenvalue weighted by Gasteiger charge is -2.31. The van der Waals surface area contributed by atoms with Crippen LogP contribution in [0.1, 0.15) is 6.42 Å². The van der Waals surface area contributed by atoms with Crippen LogP contribution < -0.4 is 4.90 Å². The van der Waals surface area contributed by atoms with Crippen molar-refractivity contribution in [3.8, 4) is 0 Å². The van der Waals surface area contributed by atoms with E-state index in [-0.39, 0.29) is 24.9 Å². The minimum absolute atomic E-state index is 0.0545. The maximum atomic E-state index is 14.1. The quantitative estimate of drug-likeness (QED) is 0.792. The van der Waals surface area contributed by atoms with Crippen LogP contribution >= 0.6 is 23.2 Å². The molecule has 2 aliphatic rings. The first-order valence-corrected chi connectivity index (χ1v) is 8.81. The Labute approximate surface area is 153 Å². The molecule has 0 saturated carbocycles. The second-order valence-electron chi connectivity index (χ2n) is 6.17. The lowest BCUT2D eigenvalue weighted by Crippen LogP contribution is -2.49. The van der Waals surface area contributed by atoms with Gasteiger partial charge in [0.1, 0.15) is 17.7 Å². The van der Waals surface area contributed by atoms with Gasteiger partial charge in [0.15, 0.2) is 5.58 Å². The summed E-state index contributed by atoms with van der Waals surface area (Å²) in [4.78, 5) is 20.4. The van der Waals surface area contributed by atoms with Crippen molar-refractivity contribution >= 4 is 46.2 Å². The van der Waals surface area contributed by atoms with Crippen LogP contribution in [0.5, 0.6) is 0 Å². The highest BCUT2D eigenvalue weighted by Crippen LogP contribution is 2.34. The Balaban J connectivity index is 1.65. The largest absolute Gasteiger partial charge is 0.422 e. The van der Waals surface area contributed by atoms with Gasteiger partial charge in [0.25, 0.3) is 6.01 Å². The third-order valence-electron chi connectivity index (χ3n) is 4.50. The summed E-state index contributed by atoms with van der Waals surface area (Å²) in [6.45, 7) is 2.06. The highest BCUT2D eigenvalue weighted by atomic mass is 35.5. The molecule has 1 aromatic carbocycles. The molecule has 6 nitrogen and oxygen atoms in total. The zero-order valence-electron chi connectivity index (χ0n) is 13.3. The summed E-state index contributed by atoms with van der Waals surface area (Å²) in [5, 5.41) is 0.761. The van der Waals surface area contributed by atoms with Crippen molar-refractivity contribution in [3.05, 3.63) is 22.2 Å². The van der Waals surface area contributed by atoms with Crippen molar-refractivity contribution in [1.29, 1.82) is 0 Å². The number of hydrogen-bond acceptors (Lipinski definition) is 5. The van der Waals surface area contributed by atoms with Crippen molar-refractivity contribution in [2.75, 3.05) is 37.7 Å². The number of benzene rings is 1. The molecule has 9 heteroatoms. The van der Waals surface area contributed by atoms with Crippen LogP contribution in [0.4, 0.5) is 10.4 Å². The number of carbonyl (C=O) groups excluding carboxylic acids is 1. The molecule has 0 aliphatic carbocycles. The van der Waals surface area contributed by atoms with E-state index in [1.54, 1.807) is 21.9 Å². The second-order valence-corrected chi connectivity index (χ2v) is 7.01. The van der Waals surface area contributed by atoms with Gasteiger partial charge >= 0.3 is 0 Å². The van der Waals surface area contributed by atoms with Crippen LogP contribution in [0.3, 0.4) is 0 Å². The first kappa shape index (κ1) is 16.9. The maximum absolute atomic E-state index is 14.1. The molecule has 2 aromatic rings. The van der Waals surface area contributed by atoms with Gasteiger partial charge in [-0.1, -0.05) is 23.2 Å². The first-order chi connectivity index (χ1) is 12.0. The fourth-order valence-corrected chi connectivity index (χ4v) is 3.82. The smallest absolute Gasteiger partial charge is 0.299 e. The Morgan fingerprint density at radius 3 is 2.80 bits per heavy atom. The summed E-state index contributed by atoms with van der Waals surface area (Å²) in [6, 6.07) is 2.72. The van der Waals surface area contributed by atoms with E-state index in [0.29, 0.717) is 47.4 Å². The van der Waals surface area contributed by atoms with E-state index < -0.39 is 12.2 Å². The monoisotopic (exact) mass is 387 g/mol. The van der Waals surface area contributed by atoms with E-state index >= 15 is 0 Å². The average molecular weight is 388 g/mol. The lowest BCUT2D eigenvalue weighted by molar-refractivity contribution is -0.136. The van der Waals surface area contributed by atoms with E-state index in [0.717, 1.165) is 0 Å². The number of aromatic nitrogens is 1. The molecule has 0 radical (unpaired) electrons. The van der Waals surface area contributed by atoms with Crippen molar-refractivity contribution in [2.45, 2.75) is 18.6 Å². The van der Waals surface area contributed by atoms with Gasteiger partial charge in [-0.15, -0.1) is 0 Å². The number of amides is 1. The molecule has 0 unspecified atom stereocenters. The fraction of sp³-hybridized carbons (Fsp3) is 0.500. The predicted octanol–water partition coefficient (Wildman–Crippen LogP) is 2.91. The molecule has 2 atom stereocenters. The van der Waals surface area contributed by atoms with Gasteiger partial charge < -0.3 is 19.0 Å². The van der Waals surface area contributed by atoms with Crippen LogP contribution in [0.2, 0.25) is 10.0 Å². The molecular formula is C16H16Cl2FN3O3. The number of fused-ring (bicyclic) bond motifs is 1. The number of rotatable bonds is 2. The number of alkyl halides is 1. The molecule has 0 spiro atoms. The molecule has 3 heterocycles. The molecule has 1 amide bonds. The van der Waals surface area contributed by atoms with E-state index in [4.69, 9.17) is 32.4 Å². The van der Waals surface area contributed by atoms with Crippen LogP contribution in [0, 0.1) is 0 Å². The highest BCUT2D eigenvalue weighted by Gasteiger charge is 2.41.